The van der Waals surface area contributed by atoms with Crippen LogP contribution in [-0.2, 0) is 4.79 Å². The van der Waals surface area contributed by atoms with Gasteiger partial charge in [0.25, 0.3) is 0 Å². The number of carbonyl (C=O) groups is 1. The smallest absolute Gasteiger partial charge is 0.229 e. The number of hydrogen-bond donors (Lipinski definition) is 2. The molecule has 0 aromatic heterocycles. The van der Waals surface area contributed by atoms with Crippen LogP contribution in [0.2, 0.25) is 0 Å². The Bertz CT molecular complexity index is 123. The average molecular weight is 159 g/mol. The number of allylic oxidation sites excluding steroid dienone is 1. The zero-order valence-electron chi connectivity index (χ0n) is 6.13. The molecule has 0 fully saturated rings. The van der Waals surface area contributed by atoms with E-state index in [-0.39, 0.29) is 11.7 Å². The summed E-state index contributed by atoms with van der Waals surface area (Å²) in [5.41, 5.74) is 0. The maximum absolute atomic E-state index is 10.6. The summed E-state index contributed by atoms with van der Waals surface area (Å²) in [7, 11) is 0. The van der Waals surface area contributed by atoms with Gasteiger partial charge in [-0.3, -0.25) is 4.79 Å². The lowest BCUT2D eigenvalue weighted by Gasteiger charge is -1.97. The standard InChI is InChI=1S/C7H13NOS/c1-2-3-4-5-8-7(9)6-10/h2-3,10H,4-6H2,1H3,(H,8,9)/b3-2+. The molecule has 0 radical (unpaired) electrons. The van der Waals surface area contributed by atoms with Crippen molar-refractivity contribution >= 4 is 18.5 Å². The SMILES string of the molecule is C/C=C/CCNC(=O)CS. The Kier molecular flexibility index (Phi) is 6.38. The molecule has 0 aliphatic heterocycles. The minimum atomic E-state index is -0.00663. The molecule has 0 unspecified atom stereocenters. The quantitative estimate of drug-likeness (QED) is 0.357. The molecule has 2 nitrogen and oxygen atoms in total. The van der Waals surface area contributed by atoms with E-state index >= 15 is 0 Å². The van der Waals surface area contributed by atoms with Crippen LogP contribution in [-0.4, -0.2) is 18.2 Å². The summed E-state index contributed by atoms with van der Waals surface area (Å²) in [6, 6.07) is 0. The Balaban J connectivity index is 3.11. The molecule has 0 heterocycles. The summed E-state index contributed by atoms with van der Waals surface area (Å²) in [6.45, 7) is 2.67. The highest BCUT2D eigenvalue weighted by Crippen LogP contribution is 1.80. The monoisotopic (exact) mass is 159 g/mol. The summed E-state index contributed by atoms with van der Waals surface area (Å²) in [4.78, 5) is 10.6. The molecule has 0 bridgehead atoms. The molecular weight excluding hydrogens is 146 g/mol. The first-order valence-corrected chi connectivity index (χ1v) is 3.93. The summed E-state index contributed by atoms with van der Waals surface area (Å²) in [6.07, 6.45) is 4.88. The highest BCUT2D eigenvalue weighted by atomic mass is 32.1. The van der Waals surface area contributed by atoms with Crippen LogP contribution >= 0.6 is 12.6 Å². The Morgan fingerprint density at radius 1 is 1.70 bits per heavy atom. The van der Waals surface area contributed by atoms with E-state index in [0.717, 1.165) is 6.42 Å². The van der Waals surface area contributed by atoms with Gasteiger partial charge in [0.15, 0.2) is 0 Å². The summed E-state index contributed by atoms with van der Waals surface area (Å²) in [5.74, 6) is 0.267. The van der Waals surface area contributed by atoms with Gasteiger partial charge in [-0.2, -0.15) is 12.6 Å². The van der Waals surface area contributed by atoms with E-state index in [0.29, 0.717) is 6.54 Å². The second kappa shape index (κ2) is 6.68. The van der Waals surface area contributed by atoms with Crippen molar-refractivity contribution in [2.45, 2.75) is 13.3 Å². The van der Waals surface area contributed by atoms with Crippen LogP contribution in [0.4, 0.5) is 0 Å². The van der Waals surface area contributed by atoms with E-state index in [1.165, 1.54) is 0 Å². The summed E-state index contributed by atoms with van der Waals surface area (Å²) >= 11 is 3.81. The molecule has 1 N–H and O–H groups in total. The predicted molar refractivity (Wildman–Crippen MR) is 46.3 cm³/mol. The molecule has 0 aromatic carbocycles. The van der Waals surface area contributed by atoms with Gasteiger partial charge < -0.3 is 5.32 Å². The molecule has 58 valence electrons. The number of nitrogens with one attached hydrogen (secondary N) is 1. The fraction of sp³-hybridized carbons (Fsp3) is 0.571. The van der Waals surface area contributed by atoms with Gasteiger partial charge in [-0.25, -0.2) is 0 Å². The first kappa shape index (κ1) is 9.56. The zero-order chi connectivity index (χ0) is 7.82. The molecule has 10 heavy (non-hydrogen) atoms. The number of thiol groups is 1. The highest BCUT2D eigenvalue weighted by Gasteiger charge is 1.92. The minimum absolute atomic E-state index is 0.00663. The van der Waals surface area contributed by atoms with Crippen LogP contribution in [0.3, 0.4) is 0 Å². The second-order valence-corrected chi connectivity index (χ2v) is 2.18. The molecular formula is C7H13NOS. The summed E-state index contributed by atoms with van der Waals surface area (Å²) in [5, 5.41) is 2.70. The van der Waals surface area contributed by atoms with Crippen LogP contribution in [0.25, 0.3) is 0 Å². The van der Waals surface area contributed by atoms with Crippen LogP contribution in [0.5, 0.6) is 0 Å². The predicted octanol–water partition coefficient (Wildman–Crippen LogP) is 0.999. The molecule has 3 heteroatoms. The molecule has 0 rings (SSSR count). The van der Waals surface area contributed by atoms with Crippen molar-refractivity contribution in [2.75, 3.05) is 12.3 Å². The number of amides is 1. The van der Waals surface area contributed by atoms with Gasteiger partial charge in [-0.15, -0.1) is 0 Å². The third-order valence-corrected chi connectivity index (χ3v) is 1.30. The molecule has 0 aliphatic rings. The van der Waals surface area contributed by atoms with Gasteiger partial charge >= 0.3 is 0 Å². The fourth-order valence-electron chi connectivity index (χ4n) is 0.517. The number of rotatable bonds is 4. The van der Waals surface area contributed by atoms with Gasteiger partial charge in [0.05, 0.1) is 5.75 Å². The van der Waals surface area contributed by atoms with Gasteiger partial charge in [0.1, 0.15) is 0 Å². The zero-order valence-corrected chi connectivity index (χ0v) is 7.03. The molecule has 0 spiro atoms. The third kappa shape index (κ3) is 5.69. The Hall–Kier alpha value is -0.440. The van der Waals surface area contributed by atoms with Gasteiger partial charge in [0, 0.05) is 6.54 Å². The van der Waals surface area contributed by atoms with Crippen LogP contribution in [0.1, 0.15) is 13.3 Å². The van der Waals surface area contributed by atoms with Gasteiger partial charge in [0.2, 0.25) is 5.91 Å². The lowest BCUT2D eigenvalue weighted by atomic mass is 10.4. The Morgan fingerprint density at radius 3 is 2.90 bits per heavy atom. The normalized spacial score (nSPS) is 10.2. The van der Waals surface area contributed by atoms with Crippen molar-refractivity contribution in [2.24, 2.45) is 0 Å². The van der Waals surface area contributed by atoms with Crippen molar-refractivity contribution < 1.29 is 4.79 Å². The highest BCUT2D eigenvalue weighted by molar-refractivity contribution is 7.81. The molecule has 1 amide bonds. The van der Waals surface area contributed by atoms with E-state index in [1.54, 1.807) is 0 Å². The van der Waals surface area contributed by atoms with Crippen LogP contribution in [0, 0.1) is 0 Å². The molecule has 0 saturated carbocycles. The second-order valence-electron chi connectivity index (χ2n) is 1.87. The lowest BCUT2D eigenvalue weighted by Crippen LogP contribution is -2.24. The van der Waals surface area contributed by atoms with E-state index in [1.807, 2.05) is 19.1 Å². The molecule has 0 aromatic rings. The Labute approximate surface area is 67.1 Å². The first-order valence-electron chi connectivity index (χ1n) is 3.30. The third-order valence-electron chi connectivity index (χ3n) is 1.01. The maximum atomic E-state index is 10.6. The summed E-state index contributed by atoms with van der Waals surface area (Å²) < 4.78 is 0. The van der Waals surface area contributed by atoms with Gasteiger partial charge in [-0.1, -0.05) is 12.2 Å². The van der Waals surface area contributed by atoms with Gasteiger partial charge in [-0.05, 0) is 13.3 Å². The molecule has 0 atom stereocenters. The van der Waals surface area contributed by atoms with E-state index < -0.39 is 0 Å². The van der Waals surface area contributed by atoms with Crippen molar-refractivity contribution in [1.29, 1.82) is 0 Å². The van der Waals surface area contributed by atoms with Crippen molar-refractivity contribution in [3.8, 4) is 0 Å². The van der Waals surface area contributed by atoms with Crippen LogP contribution < -0.4 is 5.32 Å². The maximum Gasteiger partial charge on any atom is 0.229 e. The largest absolute Gasteiger partial charge is 0.355 e. The van der Waals surface area contributed by atoms with E-state index in [9.17, 15) is 4.79 Å². The first-order chi connectivity index (χ1) is 4.81. The van der Waals surface area contributed by atoms with Crippen molar-refractivity contribution in [3.05, 3.63) is 12.2 Å². The number of carbonyl (C=O) groups excluding carboxylic acids is 1. The van der Waals surface area contributed by atoms with Crippen LogP contribution in [0.15, 0.2) is 12.2 Å². The molecule has 0 aliphatic carbocycles. The van der Waals surface area contributed by atoms with E-state index in [4.69, 9.17) is 0 Å². The molecule has 0 saturated heterocycles. The van der Waals surface area contributed by atoms with Crippen molar-refractivity contribution in [1.82, 2.24) is 5.32 Å². The minimum Gasteiger partial charge on any atom is -0.355 e. The van der Waals surface area contributed by atoms with E-state index in [2.05, 4.69) is 17.9 Å². The fourth-order valence-corrected chi connectivity index (χ4v) is 0.629. The Morgan fingerprint density at radius 2 is 2.40 bits per heavy atom. The van der Waals surface area contributed by atoms with Crippen molar-refractivity contribution in [3.63, 3.8) is 0 Å². The topological polar surface area (TPSA) is 29.1 Å². The number of hydrogen-bond acceptors (Lipinski definition) is 2. The lowest BCUT2D eigenvalue weighted by molar-refractivity contribution is -0.118. The average Bonchev–Trinajstić information content (AvgIpc) is 1.98.